The quantitative estimate of drug-likeness (QED) is 0.847. The number of phenols is 1. The highest BCUT2D eigenvalue weighted by atomic mass is 16.5. The zero-order chi connectivity index (χ0) is 13.8. The van der Waals surface area contributed by atoms with Gasteiger partial charge < -0.3 is 9.84 Å². The molecule has 0 aromatic heterocycles. The van der Waals surface area contributed by atoms with E-state index in [0.29, 0.717) is 12.2 Å². The lowest BCUT2D eigenvalue weighted by Gasteiger charge is -2.33. The Morgan fingerprint density at radius 1 is 1.53 bits per heavy atom. The zero-order valence-corrected chi connectivity index (χ0v) is 11.6. The van der Waals surface area contributed by atoms with Crippen LogP contribution in [0, 0.1) is 0 Å². The second kappa shape index (κ2) is 6.17. The molecule has 2 rings (SSSR count). The Bertz CT molecular complexity index is 457. The molecule has 1 aliphatic heterocycles. The van der Waals surface area contributed by atoms with Gasteiger partial charge in [0.25, 0.3) is 0 Å². The minimum atomic E-state index is -0.124. The molecule has 0 amide bonds. The van der Waals surface area contributed by atoms with Crippen LogP contribution >= 0.6 is 0 Å². The summed E-state index contributed by atoms with van der Waals surface area (Å²) >= 11 is 0. The Balaban J connectivity index is 2.17. The molecule has 19 heavy (non-hydrogen) atoms. The summed E-state index contributed by atoms with van der Waals surface area (Å²) in [6.45, 7) is 7.21. The lowest BCUT2D eigenvalue weighted by atomic mass is 10.0. The summed E-state index contributed by atoms with van der Waals surface area (Å²) in [6, 6.07) is 5.16. The van der Waals surface area contributed by atoms with Crippen molar-refractivity contribution in [1.29, 1.82) is 0 Å². The normalized spacial score (nSPS) is 20.4. The van der Waals surface area contributed by atoms with Crippen LogP contribution in [0.4, 0.5) is 0 Å². The maximum Gasteiger partial charge on any atom is 0.163 e. The van der Waals surface area contributed by atoms with Gasteiger partial charge in [-0.05, 0) is 37.6 Å². The van der Waals surface area contributed by atoms with Gasteiger partial charge in [0.05, 0.1) is 18.3 Å². The third-order valence-electron chi connectivity index (χ3n) is 3.46. The molecule has 1 aliphatic rings. The molecule has 1 N–H and O–H groups in total. The lowest BCUT2D eigenvalue weighted by molar-refractivity contribution is -0.0298. The summed E-state index contributed by atoms with van der Waals surface area (Å²) in [5.41, 5.74) is 1.33. The number of ketones is 1. The number of nitrogens with zero attached hydrogens (tertiary/aromatic N) is 1. The molecule has 1 aromatic carbocycles. The number of aromatic hydroxyl groups is 1. The molecule has 1 aromatic rings. The number of hydrogen-bond acceptors (Lipinski definition) is 4. The number of Topliss-reactive ketones (excluding diaryl/α,β-unsaturated/α-hetero) is 1. The Hall–Kier alpha value is -1.39. The number of phenolic OH excluding ortho intramolecular Hbond substituents is 1. The second-order valence-electron chi connectivity index (χ2n) is 4.99. The summed E-state index contributed by atoms with van der Waals surface area (Å²) in [7, 11) is 0. The highest BCUT2D eigenvalue weighted by molar-refractivity contribution is 5.96. The highest BCUT2D eigenvalue weighted by Gasteiger charge is 2.22. The van der Waals surface area contributed by atoms with Gasteiger partial charge in [-0.3, -0.25) is 9.69 Å². The molecule has 1 atom stereocenters. The van der Waals surface area contributed by atoms with Crippen LogP contribution in [0.5, 0.6) is 5.75 Å². The molecule has 4 nitrogen and oxygen atoms in total. The first kappa shape index (κ1) is 14.0. The first-order valence-electron chi connectivity index (χ1n) is 6.79. The Labute approximate surface area is 114 Å². The number of carbonyl (C=O) groups is 1. The Morgan fingerprint density at radius 3 is 3.00 bits per heavy atom. The van der Waals surface area contributed by atoms with Gasteiger partial charge >= 0.3 is 0 Å². The number of morpholine rings is 1. The van der Waals surface area contributed by atoms with Crippen LogP contribution in [0.2, 0.25) is 0 Å². The van der Waals surface area contributed by atoms with E-state index in [1.165, 1.54) is 6.92 Å². The molecule has 0 saturated carbocycles. The van der Waals surface area contributed by atoms with Crippen LogP contribution in [0.25, 0.3) is 0 Å². The largest absolute Gasteiger partial charge is 0.507 e. The standard InChI is InChI=1S/C15H21NO3/c1-3-6-16-7-8-19-15(10-16)12-4-5-14(18)13(9-12)11(2)17/h4-5,9,15,18H,3,6-8,10H2,1-2H3. The van der Waals surface area contributed by atoms with E-state index in [-0.39, 0.29) is 17.6 Å². The Morgan fingerprint density at radius 2 is 2.32 bits per heavy atom. The van der Waals surface area contributed by atoms with Crippen molar-refractivity contribution < 1.29 is 14.6 Å². The Kier molecular flexibility index (Phi) is 4.56. The van der Waals surface area contributed by atoms with Gasteiger partial charge in [-0.1, -0.05) is 13.0 Å². The van der Waals surface area contributed by atoms with Crippen molar-refractivity contribution in [3.05, 3.63) is 29.3 Å². The predicted molar refractivity (Wildman–Crippen MR) is 73.5 cm³/mol. The van der Waals surface area contributed by atoms with Gasteiger partial charge in [-0.25, -0.2) is 0 Å². The first-order chi connectivity index (χ1) is 9.11. The number of rotatable bonds is 4. The fourth-order valence-electron chi connectivity index (χ4n) is 2.46. The van der Waals surface area contributed by atoms with Gasteiger partial charge in [0.15, 0.2) is 5.78 Å². The van der Waals surface area contributed by atoms with Crippen LogP contribution < -0.4 is 0 Å². The van der Waals surface area contributed by atoms with E-state index < -0.39 is 0 Å². The summed E-state index contributed by atoms with van der Waals surface area (Å²) in [5, 5.41) is 9.67. The summed E-state index contributed by atoms with van der Waals surface area (Å²) < 4.78 is 5.78. The van der Waals surface area contributed by atoms with E-state index in [1.807, 2.05) is 6.07 Å². The average molecular weight is 263 g/mol. The van der Waals surface area contributed by atoms with Gasteiger partial charge in [-0.2, -0.15) is 0 Å². The molecule has 4 heteroatoms. The maximum atomic E-state index is 11.5. The van der Waals surface area contributed by atoms with E-state index in [1.54, 1.807) is 12.1 Å². The molecular weight excluding hydrogens is 242 g/mol. The van der Waals surface area contributed by atoms with Crippen molar-refractivity contribution in [2.24, 2.45) is 0 Å². The van der Waals surface area contributed by atoms with E-state index >= 15 is 0 Å². The molecule has 1 heterocycles. The third kappa shape index (κ3) is 3.33. The van der Waals surface area contributed by atoms with Crippen molar-refractivity contribution in [2.45, 2.75) is 26.4 Å². The SMILES string of the molecule is CCCN1CCOC(c2ccc(O)c(C(C)=O)c2)C1. The molecule has 0 aliphatic carbocycles. The minimum absolute atomic E-state index is 0.0148. The number of ether oxygens (including phenoxy) is 1. The van der Waals surface area contributed by atoms with E-state index in [4.69, 9.17) is 4.74 Å². The molecule has 0 bridgehead atoms. The van der Waals surface area contributed by atoms with Crippen LogP contribution in [0.15, 0.2) is 18.2 Å². The minimum Gasteiger partial charge on any atom is -0.507 e. The number of hydrogen-bond donors (Lipinski definition) is 1. The summed E-state index contributed by atoms with van der Waals surface area (Å²) in [4.78, 5) is 13.8. The smallest absolute Gasteiger partial charge is 0.163 e. The zero-order valence-electron chi connectivity index (χ0n) is 11.6. The van der Waals surface area contributed by atoms with Gasteiger partial charge in [0.2, 0.25) is 0 Å². The molecule has 0 radical (unpaired) electrons. The fourth-order valence-corrected chi connectivity index (χ4v) is 2.46. The average Bonchev–Trinajstić information content (AvgIpc) is 2.39. The highest BCUT2D eigenvalue weighted by Crippen LogP contribution is 2.27. The summed E-state index contributed by atoms with van der Waals surface area (Å²) in [5.74, 6) is -0.0851. The number of carbonyl (C=O) groups excluding carboxylic acids is 1. The van der Waals surface area contributed by atoms with Gasteiger partial charge in [0.1, 0.15) is 5.75 Å². The lowest BCUT2D eigenvalue weighted by Crippen LogP contribution is -2.38. The molecule has 1 unspecified atom stereocenters. The number of benzene rings is 1. The molecule has 1 saturated heterocycles. The second-order valence-corrected chi connectivity index (χ2v) is 4.99. The van der Waals surface area contributed by atoms with Crippen LogP contribution in [0.3, 0.4) is 0 Å². The maximum absolute atomic E-state index is 11.5. The molecule has 0 spiro atoms. The van der Waals surface area contributed by atoms with Crippen molar-refractivity contribution in [1.82, 2.24) is 4.90 Å². The molecular formula is C15H21NO3. The molecule has 1 fully saturated rings. The van der Waals surface area contributed by atoms with Crippen molar-refractivity contribution in [3.8, 4) is 5.75 Å². The van der Waals surface area contributed by atoms with Crippen molar-refractivity contribution in [2.75, 3.05) is 26.2 Å². The first-order valence-corrected chi connectivity index (χ1v) is 6.79. The van der Waals surface area contributed by atoms with Crippen molar-refractivity contribution >= 4 is 5.78 Å². The van der Waals surface area contributed by atoms with Crippen LogP contribution in [-0.4, -0.2) is 42.0 Å². The fraction of sp³-hybridized carbons (Fsp3) is 0.533. The van der Waals surface area contributed by atoms with E-state index in [2.05, 4.69) is 11.8 Å². The topological polar surface area (TPSA) is 49.8 Å². The van der Waals surface area contributed by atoms with Gasteiger partial charge in [-0.15, -0.1) is 0 Å². The van der Waals surface area contributed by atoms with E-state index in [9.17, 15) is 9.90 Å². The van der Waals surface area contributed by atoms with Crippen LogP contribution in [0.1, 0.15) is 42.3 Å². The van der Waals surface area contributed by atoms with Crippen LogP contribution in [-0.2, 0) is 4.74 Å². The third-order valence-corrected chi connectivity index (χ3v) is 3.46. The molecule has 104 valence electrons. The van der Waals surface area contributed by atoms with E-state index in [0.717, 1.165) is 31.6 Å². The summed E-state index contributed by atoms with van der Waals surface area (Å²) in [6.07, 6.45) is 1.11. The van der Waals surface area contributed by atoms with Gasteiger partial charge in [0, 0.05) is 13.1 Å². The monoisotopic (exact) mass is 263 g/mol. The van der Waals surface area contributed by atoms with Crippen molar-refractivity contribution in [3.63, 3.8) is 0 Å². The predicted octanol–water partition coefficient (Wildman–Crippen LogP) is 2.38.